The Labute approximate surface area is 158 Å². The van der Waals surface area contributed by atoms with Gasteiger partial charge in [-0.25, -0.2) is 4.79 Å². The zero-order chi connectivity index (χ0) is 18.5. The molecule has 0 radical (unpaired) electrons. The van der Waals surface area contributed by atoms with Crippen LogP contribution in [0.15, 0.2) is 12.2 Å². The van der Waals surface area contributed by atoms with Crippen LogP contribution in [0.25, 0.3) is 0 Å². The molecular weight excluding hydrogens is 324 g/mol. The van der Waals surface area contributed by atoms with Gasteiger partial charge in [0.25, 0.3) is 0 Å². The first kappa shape index (κ1) is 18.5. The molecule has 146 valence electrons. The Hall–Kier alpha value is -0.830. The number of allylic oxidation sites excluding steroid dienone is 1. The molecule has 0 saturated heterocycles. The number of esters is 1. The van der Waals surface area contributed by atoms with Gasteiger partial charge in [-0.15, -0.1) is 0 Å². The summed E-state index contributed by atoms with van der Waals surface area (Å²) in [5, 5.41) is 10.2. The summed E-state index contributed by atoms with van der Waals surface area (Å²) in [6, 6.07) is 0. The zero-order valence-corrected chi connectivity index (χ0v) is 16.7. The molecule has 0 aliphatic heterocycles. The molecule has 0 spiro atoms. The van der Waals surface area contributed by atoms with Crippen molar-refractivity contribution < 1.29 is 14.6 Å². The minimum absolute atomic E-state index is 0.0576. The van der Waals surface area contributed by atoms with Gasteiger partial charge in [0.05, 0.1) is 13.2 Å². The van der Waals surface area contributed by atoms with Crippen molar-refractivity contribution in [2.75, 3.05) is 7.11 Å². The van der Waals surface area contributed by atoms with Crippen molar-refractivity contribution in [3.8, 4) is 0 Å². The minimum atomic E-state index is -0.223. The number of aliphatic hydroxyl groups excluding tert-OH is 1. The number of fused-ring (bicyclic) bond motifs is 5. The predicted octanol–water partition coefficient (Wildman–Crippen LogP) is 4.74. The second-order valence-corrected chi connectivity index (χ2v) is 10.2. The van der Waals surface area contributed by atoms with Gasteiger partial charge in [0.1, 0.15) is 0 Å². The number of hydrogen-bond acceptors (Lipinski definition) is 3. The fourth-order valence-corrected chi connectivity index (χ4v) is 7.86. The van der Waals surface area contributed by atoms with Crippen LogP contribution in [-0.2, 0) is 9.53 Å². The highest BCUT2D eigenvalue weighted by Gasteiger charge is 2.59. The van der Waals surface area contributed by atoms with Crippen LogP contribution in [-0.4, -0.2) is 24.3 Å². The van der Waals surface area contributed by atoms with Crippen LogP contribution in [0.2, 0.25) is 0 Å². The van der Waals surface area contributed by atoms with Crippen molar-refractivity contribution in [1.29, 1.82) is 0 Å². The van der Waals surface area contributed by atoms with E-state index < -0.39 is 0 Å². The molecule has 0 amide bonds. The van der Waals surface area contributed by atoms with E-state index in [2.05, 4.69) is 19.9 Å². The van der Waals surface area contributed by atoms with Gasteiger partial charge in [-0.3, -0.25) is 0 Å². The molecule has 0 aromatic heterocycles. The maximum absolute atomic E-state index is 11.6. The lowest BCUT2D eigenvalue weighted by atomic mass is 9.44. The van der Waals surface area contributed by atoms with Crippen LogP contribution in [0, 0.1) is 40.4 Å². The van der Waals surface area contributed by atoms with Crippen molar-refractivity contribution in [2.24, 2.45) is 40.4 Å². The lowest BCUT2D eigenvalue weighted by Gasteiger charge is -2.60. The van der Waals surface area contributed by atoms with Gasteiger partial charge in [-0.1, -0.05) is 19.9 Å². The molecule has 4 fully saturated rings. The summed E-state index contributed by atoms with van der Waals surface area (Å²) >= 11 is 0. The Morgan fingerprint density at radius 1 is 1.00 bits per heavy atom. The second kappa shape index (κ2) is 6.65. The summed E-state index contributed by atoms with van der Waals surface area (Å²) < 4.78 is 4.80. The monoisotopic (exact) mass is 360 g/mol. The Balaban J connectivity index is 1.54. The van der Waals surface area contributed by atoms with Crippen molar-refractivity contribution in [3.63, 3.8) is 0 Å². The Bertz CT molecular complexity index is 584. The number of aliphatic hydroxyl groups is 1. The molecule has 4 aliphatic carbocycles. The van der Waals surface area contributed by atoms with E-state index in [0.717, 1.165) is 36.5 Å². The number of rotatable bonds is 2. The van der Waals surface area contributed by atoms with E-state index in [-0.39, 0.29) is 12.1 Å². The number of methoxy groups -OCH3 is 1. The highest BCUT2D eigenvalue weighted by Crippen LogP contribution is 2.67. The number of carbonyl (C=O) groups excluding carboxylic acids is 1. The fraction of sp³-hybridized carbons (Fsp3) is 0.870. The third-order valence-corrected chi connectivity index (χ3v) is 9.38. The van der Waals surface area contributed by atoms with Gasteiger partial charge in [0.15, 0.2) is 0 Å². The molecule has 3 nitrogen and oxygen atoms in total. The average molecular weight is 361 g/mol. The molecule has 0 heterocycles. The first-order chi connectivity index (χ1) is 12.4. The van der Waals surface area contributed by atoms with Crippen LogP contribution >= 0.6 is 0 Å². The van der Waals surface area contributed by atoms with Gasteiger partial charge in [0.2, 0.25) is 0 Å². The molecule has 0 bridgehead atoms. The largest absolute Gasteiger partial charge is 0.466 e. The predicted molar refractivity (Wildman–Crippen MR) is 102 cm³/mol. The lowest BCUT2D eigenvalue weighted by molar-refractivity contribution is -0.135. The van der Waals surface area contributed by atoms with E-state index in [0.29, 0.717) is 16.7 Å². The van der Waals surface area contributed by atoms with Crippen LogP contribution in [0.1, 0.15) is 71.6 Å². The Morgan fingerprint density at radius 2 is 1.73 bits per heavy atom. The molecule has 1 N–H and O–H groups in total. The van der Waals surface area contributed by atoms with E-state index in [1.807, 2.05) is 0 Å². The smallest absolute Gasteiger partial charge is 0.330 e. The molecule has 4 saturated carbocycles. The van der Waals surface area contributed by atoms with Gasteiger partial charge in [-0.2, -0.15) is 0 Å². The maximum atomic E-state index is 11.6. The van der Waals surface area contributed by atoms with E-state index in [9.17, 15) is 9.90 Å². The topological polar surface area (TPSA) is 46.5 Å². The molecule has 1 unspecified atom stereocenters. The number of hydrogen-bond donors (Lipinski definition) is 1. The van der Waals surface area contributed by atoms with Gasteiger partial charge in [-0.05, 0) is 98.2 Å². The van der Waals surface area contributed by atoms with Crippen molar-refractivity contribution in [2.45, 2.75) is 77.7 Å². The van der Waals surface area contributed by atoms with Crippen LogP contribution in [0.5, 0.6) is 0 Å². The summed E-state index contributed by atoms with van der Waals surface area (Å²) in [5.41, 5.74) is 0.798. The summed E-state index contributed by atoms with van der Waals surface area (Å²) in [6.45, 7) is 5.04. The standard InChI is InChI=1S/C23H36O3/c1-22-13-11-20-18(7-4-16-14-17(24)10-12-23(16,20)2)19(22)8-5-15(22)6-9-21(25)26-3/h6,9,15-20,24H,4-5,7-8,10-14H2,1-3H3/t15-,16?,17+,18+,19+,20+,22-,23+/m1/s1. The second-order valence-electron chi connectivity index (χ2n) is 10.2. The highest BCUT2D eigenvalue weighted by molar-refractivity contribution is 5.81. The third-order valence-electron chi connectivity index (χ3n) is 9.38. The fourth-order valence-electron chi connectivity index (χ4n) is 7.86. The highest BCUT2D eigenvalue weighted by atomic mass is 16.5. The van der Waals surface area contributed by atoms with E-state index in [1.165, 1.54) is 52.1 Å². The van der Waals surface area contributed by atoms with Crippen molar-refractivity contribution in [3.05, 3.63) is 12.2 Å². The van der Waals surface area contributed by atoms with E-state index >= 15 is 0 Å². The number of ether oxygens (including phenoxy) is 1. The van der Waals surface area contributed by atoms with Crippen molar-refractivity contribution in [1.82, 2.24) is 0 Å². The number of carbonyl (C=O) groups is 1. The quantitative estimate of drug-likeness (QED) is 0.572. The summed E-state index contributed by atoms with van der Waals surface area (Å²) in [6.07, 6.45) is 14.8. The summed E-state index contributed by atoms with van der Waals surface area (Å²) in [4.78, 5) is 11.6. The minimum Gasteiger partial charge on any atom is -0.466 e. The van der Waals surface area contributed by atoms with E-state index in [1.54, 1.807) is 6.08 Å². The molecule has 4 aliphatic rings. The molecule has 26 heavy (non-hydrogen) atoms. The van der Waals surface area contributed by atoms with Crippen molar-refractivity contribution >= 4 is 5.97 Å². The SMILES string of the molecule is COC(=O)C=C[C@H]1CC[C@H]2[C@@H]3CCC4C[C@@H](O)CC[C@]4(C)[C@H]3CC[C@]12C. The maximum Gasteiger partial charge on any atom is 0.330 e. The normalized spacial score (nSPS) is 50.8. The zero-order valence-electron chi connectivity index (χ0n) is 16.7. The van der Waals surface area contributed by atoms with Gasteiger partial charge < -0.3 is 9.84 Å². The van der Waals surface area contributed by atoms with Crippen LogP contribution < -0.4 is 0 Å². The molecule has 8 atom stereocenters. The molecule has 0 aromatic carbocycles. The first-order valence-electron chi connectivity index (χ1n) is 10.8. The molecular formula is C23H36O3. The average Bonchev–Trinajstić information content (AvgIpc) is 2.96. The Kier molecular flexibility index (Phi) is 4.74. The molecule has 4 rings (SSSR count). The van der Waals surface area contributed by atoms with Gasteiger partial charge >= 0.3 is 5.97 Å². The summed E-state index contributed by atoms with van der Waals surface area (Å²) in [7, 11) is 1.46. The third kappa shape index (κ3) is 2.77. The first-order valence-corrected chi connectivity index (χ1v) is 10.8. The Morgan fingerprint density at radius 3 is 2.50 bits per heavy atom. The van der Waals surface area contributed by atoms with E-state index in [4.69, 9.17) is 4.74 Å². The summed E-state index contributed by atoms with van der Waals surface area (Å²) in [5.74, 6) is 3.52. The molecule has 3 heteroatoms. The van der Waals surface area contributed by atoms with Crippen LogP contribution in [0.3, 0.4) is 0 Å². The lowest BCUT2D eigenvalue weighted by Crippen LogP contribution is -2.53. The van der Waals surface area contributed by atoms with Crippen LogP contribution in [0.4, 0.5) is 0 Å². The van der Waals surface area contributed by atoms with Gasteiger partial charge in [0, 0.05) is 6.08 Å². The molecule has 0 aromatic rings.